The standard InChI is InChI=1S/C11H9FN2O3S/c12-8-4-2-1-3-7(8)5-9-13-14-11(17-9)18-6-10(15)16/h1-4H,5-6H2,(H,15,16). The summed E-state index contributed by atoms with van der Waals surface area (Å²) in [6, 6.07) is 6.30. The van der Waals surface area contributed by atoms with Gasteiger partial charge in [-0.2, -0.15) is 0 Å². The highest BCUT2D eigenvalue weighted by molar-refractivity contribution is 7.99. The molecule has 0 fully saturated rings. The van der Waals surface area contributed by atoms with Gasteiger partial charge in [-0.25, -0.2) is 4.39 Å². The van der Waals surface area contributed by atoms with Gasteiger partial charge >= 0.3 is 5.97 Å². The second kappa shape index (κ2) is 5.63. The van der Waals surface area contributed by atoms with Gasteiger partial charge in [-0.05, 0) is 11.6 Å². The van der Waals surface area contributed by atoms with E-state index in [0.717, 1.165) is 11.8 Å². The molecular weight excluding hydrogens is 259 g/mol. The van der Waals surface area contributed by atoms with Crippen LogP contribution in [0.4, 0.5) is 4.39 Å². The Bertz CT molecular complexity index is 559. The molecule has 2 aromatic rings. The number of nitrogens with zero attached hydrogens (tertiary/aromatic N) is 2. The van der Waals surface area contributed by atoms with E-state index in [4.69, 9.17) is 9.52 Å². The maximum absolute atomic E-state index is 13.4. The number of carbonyl (C=O) groups is 1. The summed E-state index contributed by atoms with van der Waals surface area (Å²) >= 11 is 0.931. The highest BCUT2D eigenvalue weighted by Crippen LogP contribution is 2.18. The maximum atomic E-state index is 13.4. The first kappa shape index (κ1) is 12.6. The Morgan fingerprint density at radius 1 is 1.39 bits per heavy atom. The Hall–Kier alpha value is -1.89. The highest BCUT2D eigenvalue weighted by atomic mass is 32.2. The van der Waals surface area contributed by atoms with E-state index in [2.05, 4.69) is 10.2 Å². The minimum atomic E-state index is -0.964. The van der Waals surface area contributed by atoms with Gasteiger partial charge in [-0.3, -0.25) is 4.79 Å². The summed E-state index contributed by atoms with van der Waals surface area (Å²) in [6.07, 6.45) is 0.188. The molecule has 0 saturated carbocycles. The lowest BCUT2D eigenvalue weighted by atomic mass is 10.1. The summed E-state index contributed by atoms with van der Waals surface area (Å²) in [7, 11) is 0. The van der Waals surface area contributed by atoms with Crippen LogP contribution in [0.25, 0.3) is 0 Å². The van der Waals surface area contributed by atoms with Gasteiger partial charge in [-0.1, -0.05) is 30.0 Å². The molecule has 2 rings (SSSR count). The quantitative estimate of drug-likeness (QED) is 0.835. The fourth-order valence-electron chi connectivity index (χ4n) is 1.30. The Morgan fingerprint density at radius 2 is 2.17 bits per heavy atom. The lowest BCUT2D eigenvalue weighted by Gasteiger charge is -1.97. The molecule has 0 spiro atoms. The van der Waals surface area contributed by atoms with Crippen molar-refractivity contribution in [1.82, 2.24) is 10.2 Å². The van der Waals surface area contributed by atoms with Crippen LogP contribution in [0.5, 0.6) is 0 Å². The molecule has 0 amide bonds. The summed E-state index contributed by atoms with van der Waals surface area (Å²) in [5, 5.41) is 16.1. The third-order valence-electron chi connectivity index (χ3n) is 2.07. The molecule has 0 aliphatic carbocycles. The van der Waals surface area contributed by atoms with E-state index in [9.17, 15) is 9.18 Å². The van der Waals surface area contributed by atoms with Crippen LogP contribution in [0.15, 0.2) is 33.9 Å². The molecular formula is C11H9FN2O3S. The molecule has 18 heavy (non-hydrogen) atoms. The minimum absolute atomic E-state index is 0.151. The van der Waals surface area contributed by atoms with Crippen LogP contribution < -0.4 is 0 Å². The second-order valence-corrected chi connectivity index (χ2v) is 4.34. The lowest BCUT2D eigenvalue weighted by Crippen LogP contribution is -1.97. The molecule has 0 saturated heterocycles. The molecule has 1 aromatic heterocycles. The Kier molecular flexibility index (Phi) is 3.93. The number of carboxylic acids is 1. The molecule has 5 nitrogen and oxygen atoms in total. The van der Waals surface area contributed by atoms with E-state index in [0.29, 0.717) is 5.56 Å². The van der Waals surface area contributed by atoms with Crippen molar-refractivity contribution >= 4 is 17.7 Å². The van der Waals surface area contributed by atoms with Gasteiger partial charge in [0, 0.05) is 0 Å². The molecule has 7 heteroatoms. The maximum Gasteiger partial charge on any atom is 0.314 e. The molecule has 0 atom stereocenters. The van der Waals surface area contributed by atoms with Gasteiger partial charge in [-0.15, -0.1) is 10.2 Å². The highest BCUT2D eigenvalue weighted by Gasteiger charge is 2.11. The second-order valence-electron chi connectivity index (χ2n) is 3.41. The number of hydrogen-bond donors (Lipinski definition) is 1. The molecule has 0 radical (unpaired) electrons. The van der Waals surface area contributed by atoms with Crippen molar-refractivity contribution in [3.8, 4) is 0 Å². The number of carboxylic acid groups (broad SMARTS) is 1. The van der Waals surface area contributed by atoms with Gasteiger partial charge in [0.25, 0.3) is 5.22 Å². The first-order valence-corrected chi connectivity index (χ1v) is 6.04. The SMILES string of the molecule is O=C(O)CSc1nnc(Cc2ccccc2F)o1. The predicted octanol–water partition coefficient (Wildman–Crippen LogP) is 1.98. The monoisotopic (exact) mass is 268 g/mol. The number of thioether (sulfide) groups is 1. The zero-order chi connectivity index (χ0) is 13.0. The number of halogens is 1. The normalized spacial score (nSPS) is 10.5. The number of rotatable bonds is 5. The van der Waals surface area contributed by atoms with E-state index < -0.39 is 5.97 Å². The van der Waals surface area contributed by atoms with Crippen LogP contribution in [0.3, 0.4) is 0 Å². The zero-order valence-electron chi connectivity index (χ0n) is 9.17. The van der Waals surface area contributed by atoms with Crippen molar-refractivity contribution in [3.05, 3.63) is 41.5 Å². The Labute approximate surface area is 106 Å². The molecule has 0 aliphatic rings. The number of aromatic nitrogens is 2. The average Bonchev–Trinajstić information content (AvgIpc) is 2.77. The Balaban J connectivity index is 2.02. The third-order valence-corrected chi connectivity index (χ3v) is 2.87. The third kappa shape index (κ3) is 3.30. The van der Waals surface area contributed by atoms with Gasteiger partial charge in [0.05, 0.1) is 6.42 Å². The molecule has 1 N–H and O–H groups in total. The number of aliphatic carboxylic acids is 1. The van der Waals surface area contributed by atoms with Crippen LogP contribution >= 0.6 is 11.8 Å². The van der Waals surface area contributed by atoms with Crippen LogP contribution in [-0.4, -0.2) is 27.0 Å². The smallest absolute Gasteiger partial charge is 0.314 e. The van der Waals surface area contributed by atoms with E-state index in [-0.39, 0.29) is 29.1 Å². The Morgan fingerprint density at radius 3 is 2.89 bits per heavy atom. The van der Waals surface area contributed by atoms with Gasteiger partial charge in [0.1, 0.15) is 11.6 Å². The topological polar surface area (TPSA) is 76.2 Å². The largest absolute Gasteiger partial charge is 0.481 e. The molecule has 0 unspecified atom stereocenters. The van der Waals surface area contributed by atoms with E-state index >= 15 is 0 Å². The lowest BCUT2D eigenvalue weighted by molar-refractivity contribution is -0.133. The van der Waals surface area contributed by atoms with Gasteiger partial charge < -0.3 is 9.52 Å². The van der Waals surface area contributed by atoms with Crippen molar-refractivity contribution in [2.45, 2.75) is 11.6 Å². The molecule has 0 bridgehead atoms. The first-order chi connectivity index (χ1) is 8.65. The zero-order valence-corrected chi connectivity index (χ0v) is 9.98. The summed E-state index contributed by atoms with van der Waals surface area (Å²) in [6.45, 7) is 0. The summed E-state index contributed by atoms with van der Waals surface area (Å²) in [5.74, 6) is -1.20. The fraction of sp³-hybridized carbons (Fsp3) is 0.182. The first-order valence-electron chi connectivity index (χ1n) is 5.05. The summed E-state index contributed by atoms with van der Waals surface area (Å²) in [5.41, 5.74) is 0.455. The van der Waals surface area contributed by atoms with Crippen molar-refractivity contribution in [2.24, 2.45) is 0 Å². The van der Waals surface area contributed by atoms with Crippen molar-refractivity contribution in [1.29, 1.82) is 0 Å². The molecule has 94 valence electrons. The van der Waals surface area contributed by atoms with Crippen LogP contribution in [0.2, 0.25) is 0 Å². The molecule has 0 aliphatic heterocycles. The van der Waals surface area contributed by atoms with Gasteiger partial charge in [0.2, 0.25) is 5.89 Å². The average molecular weight is 268 g/mol. The van der Waals surface area contributed by atoms with Crippen molar-refractivity contribution < 1.29 is 18.7 Å². The van der Waals surface area contributed by atoms with Gasteiger partial charge in [0.15, 0.2) is 0 Å². The number of hydrogen-bond acceptors (Lipinski definition) is 5. The predicted molar refractivity (Wildman–Crippen MR) is 61.9 cm³/mol. The van der Waals surface area contributed by atoms with Crippen molar-refractivity contribution in [3.63, 3.8) is 0 Å². The molecule has 1 aromatic carbocycles. The number of benzene rings is 1. The fourth-order valence-corrected chi connectivity index (χ4v) is 1.80. The van der Waals surface area contributed by atoms with E-state index in [1.165, 1.54) is 6.07 Å². The van der Waals surface area contributed by atoms with E-state index in [1.54, 1.807) is 18.2 Å². The molecule has 1 heterocycles. The van der Waals surface area contributed by atoms with Crippen LogP contribution in [0, 0.1) is 5.82 Å². The summed E-state index contributed by atoms with van der Waals surface area (Å²) < 4.78 is 18.6. The van der Waals surface area contributed by atoms with E-state index in [1.807, 2.05) is 0 Å². The summed E-state index contributed by atoms with van der Waals surface area (Å²) in [4.78, 5) is 10.4. The van der Waals surface area contributed by atoms with Crippen LogP contribution in [-0.2, 0) is 11.2 Å². The van der Waals surface area contributed by atoms with Crippen LogP contribution in [0.1, 0.15) is 11.5 Å². The van der Waals surface area contributed by atoms with Crippen molar-refractivity contribution in [2.75, 3.05) is 5.75 Å². The minimum Gasteiger partial charge on any atom is -0.481 e.